The average molecular weight is 293 g/mol. The summed E-state index contributed by atoms with van der Waals surface area (Å²) in [6, 6.07) is 3.50. The number of hydrogen-bond donors (Lipinski definition) is 1. The maximum absolute atomic E-state index is 11.3. The predicted octanol–water partition coefficient (Wildman–Crippen LogP) is 2.95. The Balaban J connectivity index is 2.86. The van der Waals surface area contributed by atoms with E-state index in [2.05, 4.69) is 15.0 Å². The normalized spacial score (nSPS) is 12.2. The van der Waals surface area contributed by atoms with Crippen molar-refractivity contribution in [2.75, 3.05) is 13.2 Å². The number of aliphatic imine (C=N–C) groups is 2. The fourth-order valence-corrected chi connectivity index (χ4v) is 1.52. The summed E-state index contributed by atoms with van der Waals surface area (Å²) >= 11 is 0. The summed E-state index contributed by atoms with van der Waals surface area (Å²) in [6.07, 6.45) is -1.27. The second-order valence-electron chi connectivity index (χ2n) is 4.08. The number of hydrogen-bond acceptors (Lipinski definition) is 4. The van der Waals surface area contributed by atoms with Crippen molar-refractivity contribution >= 4 is 23.6 Å². The minimum absolute atomic E-state index is 0.275. The van der Waals surface area contributed by atoms with E-state index >= 15 is 0 Å². The number of nitrogens with zero attached hydrogens (tertiary/aromatic N) is 2. The zero-order chi connectivity index (χ0) is 15.8. The van der Waals surface area contributed by atoms with Crippen molar-refractivity contribution in [3.63, 3.8) is 0 Å². The van der Waals surface area contributed by atoms with Crippen molar-refractivity contribution in [3.8, 4) is 0 Å². The minimum atomic E-state index is -0.636. The molecule has 0 spiro atoms. The maximum Gasteiger partial charge on any atom is 0.433 e. The van der Waals surface area contributed by atoms with E-state index in [1.54, 1.807) is 39.8 Å². The molecule has 2 amide bonds. The summed E-state index contributed by atoms with van der Waals surface area (Å²) in [6.45, 7) is 7.35. The van der Waals surface area contributed by atoms with E-state index < -0.39 is 12.2 Å². The lowest BCUT2D eigenvalue weighted by molar-refractivity contribution is 0.162. The third-order valence-corrected chi connectivity index (χ3v) is 2.52. The first-order valence-electron chi connectivity index (χ1n) is 6.61. The molecule has 0 aliphatic rings. The predicted molar refractivity (Wildman–Crippen MR) is 79.3 cm³/mol. The fourth-order valence-electron chi connectivity index (χ4n) is 1.52. The molecule has 7 heteroatoms. The van der Waals surface area contributed by atoms with Gasteiger partial charge in [0.1, 0.15) is 0 Å². The summed E-state index contributed by atoms with van der Waals surface area (Å²) in [7, 11) is 0. The van der Waals surface area contributed by atoms with Gasteiger partial charge in [-0.1, -0.05) is 0 Å². The summed E-state index contributed by atoms with van der Waals surface area (Å²) in [5.41, 5.74) is 2.28. The van der Waals surface area contributed by atoms with E-state index in [1.165, 1.54) is 0 Å². The van der Waals surface area contributed by atoms with Gasteiger partial charge in [-0.3, -0.25) is 0 Å². The van der Waals surface area contributed by atoms with E-state index in [-0.39, 0.29) is 13.2 Å². The van der Waals surface area contributed by atoms with Crippen LogP contribution in [-0.2, 0) is 9.47 Å². The molecule has 0 unspecified atom stereocenters. The van der Waals surface area contributed by atoms with Crippen LogP contribution in [0.2, 0.25) is 0 Å². The van der Waals surface area contributed by atoms with Gasteiger partial charge in [-0.2, -0.15) is 9.98 Å². The molecule has 0 radical (unpaired) electrons. The van der Waals surface area contributed by atoms with Crippen molar-refractivity contribution in [2.24, 2.45) is 9.98 Å². The highest BCUT2D eigenvalue weighted by atomic mass is 16.5. The van der Waals surface area contributed by atoms with Crippen LogP contribution in [-0.4, -0.2) is 41.8 Å². The molecule has 0 aliphatic carbocycles. The second-order valence-corrected chi connectivity index (χ2v) is 4.08. The maximum atomic E-state index is 11.3. The van der Waals surface area contributed by atoms with Gasteiger partial charge < -0.3 is 14.5 Å². The van der Waals surface area contributed by atoms with Crippen LogP contribution in [0.25, 0.3) is 0 Å². The van der Waals surface area contributed by atoms with Gasteiger partial charge in [-0.05, 0) is 39.8 Å². The van der Waals surface area contributed by atoms with Crippen LogP contribution in [0.5, 0.6) is 0 Å². The largest absolute Gasteiger partial charge is 0.448 e. The number of aromatic amines is 1. The topological polar surface area (TPSA) is 93.1 Å². The first-order valence-corrected chi connectivity index (χ1v) is 6.61. The molecule has 1 N–H and O–H groups in total. The van der Waals surface area contributed by atoms with Crippen LogP contribution in [0.1, 0.15) is 39.1 Å². The first-order chi connectivity index (χ1) is 9.97. The zero-order valence-electron chi connectivity index (χ0n) is 12.6. The first kappa shape index (κ1) is 16.6. The average Bonchev–Trinajstić information content (AvgIpc) is 2.88. The Morgan fingerprint density at radius 1 is 0.952 bits per heavy atom. The highest BCUT2D eigenvalue weighted by molar-refractivity contribution is 6.06. The molecule has 0 saturated heterocycles. The van der Waals surface area contributed by atoms with E-state index in [1.807, 2.05) is 0 Å². The molecule has 0 bridgehead atoms. The molecule has 0 saturated carbocycles. The van der Waals surface area contributed by atoms with Crippen molar-refractivity contribution in [1.29, 1.82) is 0 Å². The lowest BCUT2D eigenvalue weighted by atomic mass is 10.3. The summed E-state index contributed by atoms with van der Waals surface area (Å²) < 4.78 is 9.49. The Bertz CT molecular complexity index is 524. The highest BCUT2D eigenvalue weighted by Gasteiger charge is 2.08. The van der Waals surface area contributed by atoms with Crippen LogP contribution in [0.15, 0.2) is 22.1 Å². The van der Waals surface area contributed by atoms with Gasteiger partial charge in [0.05, 0.1) is 36.0 Å². The summed E-state index contributed by atoms with van der Waals surface area (Å²) in [4.78, 5) is 33.2. The van der Waals surface area contributed by atoms with Crippen LogP contribution in [0.4, 0.5) is 9.59 Å². The van der Waals surface area contributed by atoms with Gasteiger partial charge in [0, 0.05) is 0 Å². The molecule has 7 nitrogen and oxygen atoms in total. The van der Waals surface area contributed by atoms with Gasteiger partial charge in [0.15, 0.2) is 0 Å². The molecule has 0 aliphatic heterocycles. The Labute approximate surface area is 123 Å². The molecule has 114 valence electrons. The fraction of sp³-hybridized carbons (Fsp3) is 0.429. The van der Waals surface area contributed by atoms with E-state index in [9.17, 15) is 9.59 Å². The third-order valence-electron chi connectivity index (χ3n) is 2.52. The SMILES string of the molecule is CCOC(=O)/N=C(\C)c1ccc(/C(C)=N/C(=O)OCC)[nH]1. The number of H-pyrrole nitrogens is 1. The number of amides is 2. The van der Waals surface area contributed by atoms with Crippen LogP contribution in [0, 0.1) is 0 Å². The van der Waals surface area contributed by atoms with Crippen molar-refractivity contribution in [1.82, 2.24) is 4.98 Å². The lowest BCUT2D eigenvalue weighted by Gasteiger charge is -2.00. The molecule has 1 rings (SSSR count). The third kappa shape index (κ3) is 5.21. The molecule has 1 heterocycles. The van der Waals surface area contributed by atoms with Crippen LogP contribution in [0.3, 0.4) is 0 Å². The lowest BCUT2D eigenvalue weighted by Crippen LogP contribution is -2.06. The van der Waals surface area contributed by atoms with E-state index in [0.29, 0.717) is 22.8 Å². The number of nitrogens with one attached hydrogen (secondary N) is 1. The Kier molecular flexibility index (Phi) is 6.32. The van der Waals surface area contributed by atoms with Crippen molar-refractivity contribution in [3.05, 3.63) is 23.5 Å². The number of ether oxygens (including phenoxy) is 2. The summed E-state index contributed by atoms with van der Waals surface area (Å²) in [5, 5.41) is 0. The van der Waals surface area contributed by atoms with Gasteiger partial charge in [0.2, 0.25) is 0 Å². The number of carbonyl (C=O) groups excluding carboxylic acids is 2. The van der Waals surface area contributed by atoms with Gasteiger partial charge >= 0.3 is 12.2 Å². The molecular weight excluding hydrogens is 274 g/mol. The molecule has 21 heavy (non-hydrogen) atoms. The monoisotopic (exact) mass is 293 g/mol. The molecule has 0 aromatic carbocycles. The van der Waals surface area contributed by atoms with Crippen molar-refractivity contribution < 1.29 is 19.1 Å². The standard InChI is InChI=1S/C14H19N3O4/c1-5-20-13(18)15-9(3)11-7-8-12(17-11)10(4)16-14(19)21-6-2/h7-8,17H,5-6H2,1-4H3/b15-9+,16-10+. The van der Waals surface area contributed by atoms with E-state index in [0.717, 1.165) is 0 Å². The molecule has 0 atom stereocenters. The Morgan fingerprint density at radius 2 is 1.33 bits per heavy atom. The Hall–Kier alpha value is -2.44. The highest BCUT2D eigenvalue weighted by Crippen LogP contribution is 2.06. The van der Waals surface area contributed by atoms with Crippen LogP contribution >= 0.6 is 0 Å². The van der Waals surface area contributed by atoms with E-state index in [4.69, 9.17) is 9.47 Å². The van der Waals surface area contributed by atoms with Gasteiger partial charge in [0.25, 0.3) is 0 Å². The van der Waals surface area contributed by atoms with Gasteiger partial charge in [-0.15, -0.1) is 0 Å². The van der Waals surface area contributed by atoms with Crippen LogP contribution < -0.4 is 0 Å². The number of carbonyl (C=O) groups is 2. The van der Waals surface area contributed by atoms with Crippen molar-refractivity contribution in [2.45, 2.75) is 27.7 Å². The Morgan fingerprint density at radius 3 is 1.67 bits per heavy atom. The molecule has 0 fully saturated rings. The minimum Gasteiger partial charge on any atom is -0.448 e. The molecule has 1 aromatic rings. The second kappa shape index (κ2) is 7.98. The molecule has 1 aromatic heterocycles. The quantitative estimate of drug-likeness (QED) is 0.864. The molecular formula is C14H19N3O4. The zero-order valence-corrected chi connectivity index (χ0v) is 12.6. The smallest absolute Gasteiger partial charge is 0.433 e. The number of aromatic nitrogens is 1. The summed E-state index contributed by atoms with van der Waals surface area (Å²) in [5.74, 6) is 0. The number of rotatable bonds is 4. The van der Waals surface area contributed by atoms with Gasteiger partial charge in [-0.25, -0.2) is 9.59 Å².